The van der Waals surface area contributed by atoms with Crippen LogP contribution < -0.4 is 19.5 Å². The molecule has 1 aromatic heterocycles. The molecule has 1 N–H and O–H groups in total. The van der Waals surface area contributed by atoms with Crippen molar-refractivity contribution in [2.75, 3.05) is 26.6 Å². The summed E-state index contributed by atoms with van der Waals surface area (Å²) in [4.78, 5) is 13.4. The van der Waals surface area contributed by atoms with Crippen LogP contribution in [-0.4, -0.2) is 42.7 Å². The van der Waals surface area contributed by atoms with E-state index < -0.39 is 5.91 Å². The topological polar surface area (TPSA) is 95.7 Å². The van der Waals surface area contributed by atoms with Gasteiger partial charge in [0.05, 0.1) is 21.3 Å². The van der Waals surface area contributed by atoms with Crippen LogP contribution in [0.3, 0.4) is 0 Å². The van der Waals surface area contributed by atoms with E-state index in [1.54, 1.807) is 30.0 Å². The van der Waals surface area contributed by atoms with Crippen LogP contribution in [0, 0.1) is 0 Å². The Morgan fingerprint density at radius 1 is 1.06 bits per heavy atom. The van der Waals surface area contributed by atoms with Gasteiger partial charge >= 0.3 is 6.01 Å². The molecule has 1 heterocycles. The van der Waals surface area contributed by atoms with Crippen LogP contribution in [0.1, 0.15) is 19.4 Å². The molecule has 3 rings (SSSR count). The second-order valence-electron chi connectivity index (χ2n) is 6.89. The SMILES string of the molecule is COc1cc(C=CC(=O)Nc2nnc(-c3cccc(SC(C)C)c3)o2)cc(OC)c1OC. The van der Waals surface area contributed by atoms with Gasteiger partial charge in [-0.15, -0.1) is 16.9 Å². The first-order valence-corrected chi connectivity index (χ1v) is 10.7. The fourth-order valence-corrected chi connectivity index (χ4v) is 3.78. The minimum atomic E-state index is -0.418. The number of methoxy groups -OCH3 is 3. The Morgan fingerprint density at radius 3 is 2.41 bits per heavy atom. The van der Waals surface area contributed by atoms with Crippen molar-refractivity contribution in [3.8, 4) is 28.7 Å². The Kier molecular flexibility index (Phi) is 7.77. The van der Waals surface area contributed by atoms with Gasteiger partial charge in [0, 0.05) is 21.8 Å². The number of hydrogen-bond donors (Lipinski definition) is 1. The monoisotopic (exact) mass is 455 g/mol. The number of ether oxygens (including phenoxy) is 3. The third-order valence-corrected chi connectivity index (χ3v) is 5.22. The molecule has 168 valence electrons. The lowest BCUT2D eigenvalue weighted by atomic mass is 10.1. The first-order valence-electron chi connectivity index (χ1n) is 9.83. The van der Waals surface area contributed by atoms with Gasteiger partial charge in [-0.05, 0) is 42.0 Å². The minimum Gasteiger partial charge on any atom is -0.493 e. The standard InChI is InChI=1S/C23H25N3O5S/c1-14(2)32-17-8-6-7-16(13-17)22-25-26-23(31-22)24-20(27)10-9-15-11-18(28-3)21(30-5)19(12-15)29-4/h6-14H,1-5H3,(H,24,26,27). The zero-order valence-corrected chi connectivity index (χ0v) is 19.4. The average Bonchev–Trinajstić information content (AvgIpc) is 3.25. The van der Waals surface area contributed by atoms with E-state index in [9.17, 15) is 4.79 Å². The highest BCUT2D eigenvalue weighted by atomic mass is 32.2. The molecule has 0 bridgehead atoms. The lowest BCUT2D eigenvalue weighted by Gasteiger charge is -2.12. The van der Waals surface area contributed by atoms with E-state index in [-0.39, 0.29) is 6.01 Å². The van der Waals surface area contributed by atoms with Crippen LogP contribution in [0.5, 0.6) is 17.2 Å². The molecular weight excluding hydrogens is 430 g/mol. The van der Waals surface area contributed by atoms with Gasteiger partial charge in [-0.1, -0.05) is 25.0 Å². The summed E-state index contributed by atoms with van der Waals surface area (Å²) in [6.07, 6.45) is 2.97. The molecule has 8 nitrogen and oxygen atoms in total. The second-order valence-corrected chi connectivity index (χ2v) is 8.54. The van der Waals surface area contributed by atoms with E-state index >= 15 is 0 Å². The smallest absolute Gasteiger partial charge is 0.322 e. The molecule has 0 saturated heterocycles. The molecule has 0 saturated carbocycles. The van der Waals surface area contributed by atoms with Crippen LogP contribution >= 0.6 is 11.8 Å². The van der Waals surface area contributed by atoms with Crippen LogP contribution in [0.25, 0.3) is 17.5 Å². The molecule has 3 aromatic rings. The van der Waals surface area contributed by atoms with Gasteiger partial charge in [0.25, 0.3) is 5.91 Å². The number of carbonyl (C=O) groups is 1. The van der Waals surface area contributed by atoms with Crippen LogP contribution in [-0.2, 0) is 4.79 Å². The molecule has 9 heteroatoms. The quantitative estimate of drug-likeness (QED) is 0.359. The molecule has 0 fully saturated rings. The maximum atomic E-state index is 12.3. The van der Waals surface area contributed by atoms with Crippen molar-refractivity contribution in [3.05, 3.63) is 48.0 Å². The fourth-order valence-electron chi connectivity index (χ4n) is 2.88. The number of nitrogens with zero attached hydrogens (tertiary/aromatic N) is 2. The second kappa shape index (κ2) is 10.7. The zero-order chi connectivity index (χ0) is 23.1. The lowest BCUT2D eigenvalue weighted by Crippen LogP contribution is -2.07. The van der Waals surface area contributed by atoms with Gasteiger partial charge in [-0.25, -0.2) is 0 Å². The molecule has 0 atom stereocenters. The molecule has 0 unspecified atom stereocenters. The molecule has 1 amide bonds. The number of nitrogens with one attached hydrogen (secondary N) is 1. The molecule has 0 spiro atoms. The number of amides is 1. The Hall–Kier alpha value is -3.46. The van der Waals surface area contributed by atoms with Gasteiger partial charge < -0.3 is 18.6 Å². The van der Waals surface area contributed by atoms with Gasteiger partial charge in [-0.2, -0.15) is 0 Å². The van der Waals surface area contributed by atoms with Crippen molar-refractivity contribution < 1.29 is 23.4 Å². The Bertz CT molecular complexity index is 1090. The van der Waals surface area contributed by atoms with E-state index in [1.165, 1.54) is 27.4 Å². The Morgan fingerprint density at radius 2 is 1.78 bits per heavy atom. The van der Waals surface area contributed by atoms with E-state index in [0.717, 1.165) is 10.5 Å². The highest BCUT2D eigenvalue weighted by molar-refractivity contribution is 7.99. The highest BCUT2D eigenvalue weighted by Gasteiger charge is 2.13. The summed E-state index contributed by atoms with van der Waals surface area (Å²) >= 11 is 1.74. The van der Waals surface area contributed by atoms with Gasteiger partial charge in [0.1, 0.15) is 0 Å². The number of benzene rings is 2. The molecule has 2 aromatic carbocycles. The molecule has 0 radical (unpaired) electrons. The maximum Gasteiger partial charge on any atom is 0.322 e. The fraction of sp³-hybridized carbons (Fsp3) is 0.261. The van der Waals surface area contributed by atoms with Crippen LogP contribution in [0.4, 0.5) is 6.01 Å². The van der Waals surface area contributed by atoms with Gasteiger partial charge in [0.15, 0.2) is 11.5 Å². The third-order valence-electron chi connectivity index (χ3n) is 4.22. The first-order chi connectivity index (χ1) is 15.4. The van der Waals surface area contributed by atoms with Crippen molar-refractivity contribution in [1.82, 2.24) is 10.2 Å². The van der Waals surface area contributed by atoms with E-state index in [0.29, 0.717) is 34.0 Å². The van der Waals surface area contributed by atoms with Crippen molar-refractivity contribution in [2.24, 2.45) is 0 Å². The summed E-state index contributed by atoms with van der Waals surface area (Å²) in [5.74, 6) is 1.38. The summed E-state index contributed by atoms with van der Waals surface area (Å²) in [6, 6.07) is 11.3. The largest absolute Gasteiger partial charge is 0.493 e. The third kappa shape index (κ3) is 5.82. The molecule has 32 heavy (non-hydrogen) atoms. The number of aromatic nitrogens is 2. The van der Waals surface area contributed by atoms with Crippen molar-refractivity contribution in [3.63, 3.8) is 0 Å². The summed E-state index contributed by atoms with van der Waals surface area (Å²) < 4.78 is 21.5. The number of carbonyl (C=O) groups excluding carboxylic acids is 1. The summed E-state index contributed by atoms with van der Waals surface area (Å²) in [5.41, 5.74) is 1.48. The first kappa shape index (κ1) is 23.2. The normalized spacial score (nSPS) is 11.1. The summed E-state index contributed by atoms with van der Waals surface area (Å²) in [5, 5.41) is 11.0. The molecule has 0 aliphatic carbocycles. The minimum absolute atomic E-state index is 0.0152. The maximum absolute atomic E-state index is 12.3. The van der Waals surface area contributed by atoms with Crippen LogP contribution in [0.15, 0.2) is 51.8 Å². The van der Waals surface area contributed by atoms with Gasteiger partial charge in [-0.3, -0.25) is 10.1 Å². The van der Waals surface area contributed by atoms with Crippen molar-refractivity contribution >= 4 is 29.8 Å². The van der Waals surface area contributed by atoms with E-state index in [4.69, 9.17) is 18.6 Å². The molecular formula is C23H25N3O5S. The number of rotatable bonds is 9. The Labute approximate surface area is 191 Å². The highest BCUT2D eigenvalue weighted by Crippen LogP contribution is 2.38. The summed E-state index contributed by atoms with van der Waals surface area (Å²) in [7, 11) is 4.59. The zero-order valence-electron chi connectivity index (χ0n) is 18.5. The van der Waals surface area contributed by atoms with Gasteiger partial charge in [0.2, 0.25) is 11.6 Å². The number of thioether (sulfide) groups is 1. The Balaban J connectivity index is 1.70. The van der Waals surface area contributed by atoms with E-state index in [2.05, 4.69) is 29.4 Å². The summed E-state index contributed by atoms with van der Waals surface area (Å²) in [6.45, 7) is 4.26. The average molecular weight is 456 g/mol. The predicted octanol–water partition coefficient (Wildman–Crippen LogP) is 4.91. The molecule has 0 aliphatic heterocycles. The van der Waals surface area contributed by atoms with Crippen LogP contribution in [0.2, 0.25) is 0 Å². The molecule has 0 aliphatic rings. The van der Waals surface area contributed by atoms with Crippen molar-refractivity contribution in [2.45, 2.75) is 24.0 Å². The predicted molar refractivity (Wildman–Crippen MR) is 124 cm³/mol. The number of hydrogen-bond acceptors (Lipinski definition) is 8. The van der Waals surface area contributed by atoms with E-state index in [1.807, 2.05) is 24.3 Å². The number of anilines is 1. The lowest BCUT2D eigenvalue weighted by molar-refractivity contribution is -0.112. The van der Waals surface area contributed by atoms with Crippen molar-refractivity contribution in [1.29, 1.82) is 0 Å².